The van der Waals surface area contributed by atoms with Crippen LogP contribution in [0.25, 0.3) is 0 Å². The highest BCUT2D eigenvalue weighted by Gasteiger charge is 2.32. The molecule has 3 heterocycles. The SMILES string of the molecule is COc1ccc([C@H](c2cccnc2)C2CCN(C(=O)c3ccc4c(c3)NC(=O)CO4)CC2)cc1OC. The third-order valence-corrected chi connectivity index (χ3v) is 6.97. The number of carbonyl (C=O) groups excluding carboxylic acids is 2. The summed E-state index contributed by atoms with van der Waals surface area (Å²) in [6.45, 7) is 1.28. The van der Waals surface area contributed by atoms with Crippen molar-refractivity contribution in [1.29, 1.82) is 0 Å². The van der Waals surface area contributed by atoms with Crippen molar-refractivity contribution in [3.05, 3.63) is 77.6 Å². The zero-order valence-electron chi connectivity index (χ0n) is 20.4. The quantitative estimate of drug-likeness (QED) is 0.563. The number of fused-ring (bicyclic) bond motifs is 1. The van der Waals surface area contributed by atoms with Crippen LogP contribution in [0.2, 0.25) is 0 Å². The van der Waals surface area contributed by atoms with Crippen molar-refractivity contribution in [3.8, 4) is 17.2 Å². The Labute approximate surface area is 210 Å². The van der Waals surface area contributed by atoms with Gasteiger partial charge in [0.05, 0.1) is 19.9 Å². The first-order valence-corrected chi connectivity index (χ1v) is 12.0. The molecule has 2 amide bonds. The van der Waals surface area contributed by atoms with E-state index in [4.69, 9.17) is 14.2 Å². The number of anilines is 1. The summed E-state index contributed by atoms with van der Waals surface area (Å²) in [5.41, 5.74) is 3.36. The minimum atomic E-state index is -0.218. The van der Waals surface area contributed by atoms with Gasteiger partial charge in [-0.3, -0.25) is 14.6 Å². The highest BCUT2D eigenvalue weighted by atomic mass is 16.5. The van der Waals surface area contributed by atoms with E-state index in [1.807, 2.05) is 29.3 Å². The van der Waals surface area contributed by atoms with E-state index in [0.29, 0.717) is 47.5 Å². The second-order valence-electron chi connectivity index (χ2n) is 9.06. The lowest BCUT2D eigenvalue weighted by Crippen LogP contribution is -2.40. The highest BCUT2D eigenvalue weighted by Crippen LogP contribution is 2.41. The van der Waals surface area contributed by atoms with Crippen LogP contribution < -0.4 is 19.5 Å². The molecule has 8 nitrogen and oxygen atoms in total. The maximum atomic E-state index is 13.3. The molecule has 0 saturated carbocycles. The molecule has 0 bridgehead atoms. The number of pyridine rings is 1. The number of hydrogen-bond donors (Lipinski definition) is 1. The molecule has 1 fully saturated rings. The van der Waals surface area contributed by atoms with Crippen LogP contribution in [0.3, 0.4) is 0 Å². The fourth-order valence-corrected chi connectivity index (χ4v) is 5.18. The lowest BCUT2D eigenvalue weighted by molar-refractivity contribution is -0.118. The number of piperidine rings is 1. The summed E-state index contributed by atoms with van der Waals surface area (Å²) >= 11 is 0. The average Bonchev–Trinajstić information content (AvgIpc) is 2.93. The fraction of sp³-hybridized carbons (Fsp3) is 0.321. The van der Waals surface area contributed by atoms with E-state index in [-0.39, 0.29) is 24.3 Å². The van der Waals surface area contributed by atoms with Crippen molar-refractivity contribution in [2.75, 3.05) is 39.2 Å². The van der Waals surface area contributed by atoms with Crippen LogP contribution in [0, 0.1) is 5.92 Å². The van der Waals surface area contributed by atoms with Gasteiger partial charge in [-0.1, -0.05) is 12.1 Å². The molecule has 1 N–H and O–H groups in total. The van der Waals surface area contributed by atoms with E-state index in [0.717, 1.165) is 24.0 Å². The maximum Gasteiger partial charge on any atom is 0.262 e. The standard InChI is InChI=1S/C28H29N3O5/c1-34-24-8-5-19(15-25(24)35-2)27(21-4-3-11-29-16-21)18-9-12-31(13-10-18)28(33)20-6-7-23-22(14-20)30-26(32)17-36-23/h3-8,11,14-16,18,27H,9-10,12-13,17H2,1-2H3,(H,30,32)/t27-/m1/s1. The zero-order chi connectivity index (χ0) is 25.1. The van der Waals surface area contributed by atoms with Crippen LogP contribution >= 0.6 is 0 Å². The van der Waals surface area contributed by atoms with Gasteiger partial charge in [0.1, 0.15) is 5.75 Å². The van der Waals surface area contributed by atoms with Crippen LogP contribution in [0.1, 0.15) is 40.2 Å². The van der Waals surface area contributed by atoms with Gasteiger partial charge < -0.3 is 24.4 Å². The van der Waals surface area contributed by atoms with Crippen molar-refractivity contribution < 1.29 is 23.8 Å². The largest absolute Gasteiger partial charge is 0.493 e. The molecule has 0 unspecified atom stereocenters. The monoisotopic (exact) mass is 487 g/mol. The first-order valence-electron chi connectivity index (χ1n) is 12.0. The van der Waals surface area contributed by atoms with Gasteiger partial charge in [-0.05, 0) is 66.3 Å². The maximum absolute atomic E-state index is 13.3. The Kier molecular flexibility index (Phi) is 6.75. The molecule has 2 aromatic carbocycles. The van der Waals surface area contributed by atoms with Gasteiger partial charge in [0, 0.05) is 37.0 Å². The van der Waals surface area contributed by atoms with Crippen molar-refractivity contribution in [2.24, 2.45) is 5.92 Å². The molecule has 5 rings (SSSR count). The van der Waals surface area contributed by atoms with Gasteiger partial charge in [0.25, 0.3) is 11.8 Å². The summed E-state index contributed by atoms with van der Waals surface area (Å²) in [5, 5.41) is 2.77. The second kappa shape index (κ2) is 10.3. The summed E-state index contributed by atoms with van der Waals surface area (Å²) in [7, 11) is 3.27. The number of carbonyl (C=O) groups is 2. The fourth-order valence-electron chi connectivity index (χ4n) is 5.18. The van der Waals surface area contributed by atoms with Crippen LogP contribution in [-0.4, -0.2) is 55.6 Å². The summed E-state index contributed by atoms with van der Waals surface area (Å²) in [6, 6.07) is 15.3. The van der Waals surface area contributed by atoms with E-state index in [1.54, 1.807) is 38.6 Å². The molecular formula is C28H29N3O5. The molecule has 0 aliphatic carbocycles. The van der Waals surface area contributed by atoms with Crippen LogP contribution in [0.15, 0.2) is 60.9 Å². The first-order chi connectivity index (χ1) is 17.6. The zero-order valence-corrected chi connectivity index (χ0v) is 20.4. The van der Waals surface area contributed by atoms with Gasteiger partial charge >= 0.3 is 0 Å². The Balaban J connectivity index is 1.35. The molecule has 2 aliphatic heterocycles. The minimum absolute atomic E-state index is 0.00796. The molecule has 0 radical (unpaired) electrons. The predicted molar refractivity (Wildman–Crippen MR) is 135 cm³/mol. The number of ether oxygens (including phenoxy) is 3. The number of amides is 2. The molecule has 1 atom stereocenters. The Bertz CT molecular complexity index is 1260. The number of rotatable bonds is 6. The van der Waals surface area contributed by atoms with E-state index in [9.17, 15) is 9.59 Å². The topological polar surface area (TPSA) is 90.0 Å². The molecule has 186 valence electrons. The third kappa shape index (κ3) is 4.71. The highest BCUT2D eigenvalue weighted by molar-refractivity contribution is 5.99. The number of methoxy groups -OCH3 is 2. The van der Waals surface area contributed by atoms with Gasteiger partial charge in [-0.25, -0.2) is 0 Å². The normalized spacial score (nSPS) is 16.4. The molecule has 0 spiro atoms. The van der Waals surface area contributed by atoms with Gasteiger partial charge in [-0.2, -0.15) is 0 Å². The first kappa shape index (κ1) is 23.7. The molecule has 1 aromatic heterocycles. The number of likely N-dealkylation sites (tertiary alicyclic amines) is 1. The van der Waals surface area contributed by atoms with Crippen molar-refractivity contribution in [1.82, 2.24) is 9.88 Å². The van der Waals surface area contributed by atoms with E-state index in [1.165, 1.54) is 0 Å². The third-order valence-electron chi connectivity index (χ3n) is 6.97. The summed E-state index contributed by atoms with van der Waals surface area (Å²) in [5.74, 6) is 2.15. The Morgan fingerprint density at radius 3 is 2.58 bits per heavy atom. The minimum Gasteiger partial charge on any atom is -0.493 e. The second-order valence-corrected chi connectivity index (χ2v) is 9.06. The van der Waals surface area contributed by atoms with E-state index in [2.05, 4.69) is 22.4 Å². The van der Waals surface area contributed by atoms with Crippen LogP contribution in [0.5, 0.6) is 17.2 Å². The van der Waals surface area contributed by atoms with Gasteiger partial charge in [0.2, 0.25) is 0 Å². The molecule has 2 aliphatic rings. The molecule has 36 heavy (non-hydrogen) atoms. The van der Waals surface area contributed by atoms with Gasteiger partial charge in [-0.15, -0.1) is 0 Å². The number of aromatic nitrogens is 1. The summed E-state index contributed by atoms with van der Waals surface area (Å²) < 4.78 is 16.4. The number of nitrogens with one attached hydrogen (secondary N) is 1. The average molecular weight is 488 g/mol. The van der Waals surface area contributed by atoms with E-state index < -0.39 is 0 Å². The van der Waals surface area contributed by atoms with E-state index >= 15 is 0 Å². The van der Waals surface area contributed by atoms with Gasteiger partial charge in [0.15, 0.2) is 18.1 Å². The van der Waals surface area contributed by atoms with Crippen LogP contribution in [-0.2, 0) is 4.79 Å². The van der Waals surface area contributed by atoms with Crippen molar-refractivity contribution >= 4 is 17.5 Å². The van der Waals surface area contributed by atoms with Crippen molar-refractivity contribution in [2.45, 2.75) is 18.8 Å². The number of benzene rings is 2. The molecule has 3 aromatic rings. The summed E-state index contributed by atoms with van der Waals surface area (Å²) in [4.78, 5) is 31.2. The number of nitrogens with zero attached hydrogens (tertiary/aromatic N) is 2. The Morgan fingerprint density at radius 1 is 1.06 bits per heavy atom. The lowest BCUT2D eigenvalue weighted by Gasteiger charge is -2.37. The Morgan fingerprint density at radius 2 is 1.86 bits per heavy atom. The lowest BCUT2D eigenvalue weighted by atomic mass is 9.76. The molecule has 1 saturated heterocycles. The molecule has 8 heteroatoms. The predicted octanol–water partition coefficient (Wildman–Crippen LogP) is 4.11. The summed E-state index contributed by atoms with van der Waals surface area (Å²) in [6.07, 6.45) is 5.40. The van der Waals surface area contributed by atoms with Crippen molar-refractivity contribution in [3.63, 3.8) is 0 Å². The van der Waals surface area contributed by atoms with Crippen LogP contribution in [0.4, 0.5) is 5.69 Å². The Hall–Kier alpha value is -4.07. The number of hydrogen-bond acceptors (Lipinski definition) is 6. The smallest absolute Gasteiger partial charge is 0.262 e. The molecular weight excluding hydrogens is 458 g/mol.